The van der Waals surface area contributed by atoms with E-state index in [2.05, 4.69) is 40.6 Å². The molecular formula is C24H39BrFN3O4SSi. The number of hydrogen-bond donors (Lipinski definition) is 1. The molecular weight excluding hydrogens is 553 g/mol. The van der Waals surface area contributed by atoms with Gasteiger partial charge in [-0.15, -0.1) is 0 Å². The zero-order valence-electron chi connectivity index (χ0n) is 22.2. The van der Waals surface area contributed by atoms with Crippen molar-refractivity contribution >= 4 is 47.0 Å². The zero-order valence-corrected chi connectivity index (χ0v) is 25.6. The van der Waals surface area contributed by atoms with E-state index in [1.165, 1.54) is 22.9 Å². The van der Waals surface area contributed by atoms with Gasteiger partial charge < -0.3 is 14.6 Å². The highest BCUT2D eigenvalue weighted by molar-refractivity contribution is 9.10. The van der Waals surface area contributed by atoms with Gasteiger partial charge in [-0.1, -0.05) is 38.3 Å². The van der Waals surface area contributed by atoms with Crippen LogP contribution >= 0.6 is 27.7 Å². The van der Waals surface area contributed by atoms with Crippen LogP contribution in [0.5, 0.6) is 0 Å². The first kappa shape index (κ1) is 30.2. The number of carbonyl (C=O) groups excluding carboxylic acids is 1. The minimum Gasteiger partial charge on any atom is -0.443 e. The monoisotopic (exact) mass is 591 g/mol. The first-order valence-electron chi connectivity index (χ1n) is 11.7. The van der Waals surface area contributed by atoms with Gasteiger partial charge in [0.05, 0.1) is 12.1 Å². The Balaban J connectivity index is 2.56. The number of ether oxygens (including phenoxy) is 2. The number of carbonyl (C=O) groups is 1. The molecule has 1 N–H and O–H groups in total. The van der Waals surface area contributed by atoms with Crippen molar-refractivity contribution in [3.63, 3.8) is 0 Å². The maximum Gasteiger partial charge on any atom is 0.418 e. The molecule has 0 unspecified atom stereocenters. The van der Waals surface area contributed by atoms with Gasteiger partial charge in [0, 0.05) is 41.6 Å². The highest BCUT2D eigenvalue weighted by atomic mass is 79.9. The lowest BCUT2D eigenvalue weighted by atomic mass is 9.74. The van der Waals surface area contributed by atoms with Crippen LogP contribution in [0, 0.1) is 11.9 Å². The molecule has 0 saturated carbocycles. The fourth-order valence-corrected chi connectivity index (χ4v) is 6.05. The number of amidine groups is 1. The maximum absolute atomic E-state index is 15.0. The van der Waals surface area contributed by atoms with Crippen molar-refractivity contribution in [2.45, 2.75) is 83.1 Å². The van der Waals surface area contributed by atoms with E-state index in [9.17, 15) is 9.90 Å². The van der Waals surface area contributed by atoms with Gasteiger partial charge in [0.25, 0.3) is 0 Å². The summed E-state index contributed by atoms with van der Waals surface area (Å²) in [6.07, 6.45) is 0.779. The number of aliphatic imine (C=N–C) groups is 1. The lowest BCUT2D eigenvalue weighted by Gasteiger charge is -2.48. The van der Waals surface area contributed by atoms with E-state index in [4.69, 9.17) is 14.5 Å². The molecule has 2 rings (SSSR count). The van der Waals surface area contributed by atoms with Gasteiger partial charge in [-0.3, -0.25) is 4.99 Å². The van der Waals surface area contributed by atoms with Crippen molar-refractivity contribution in [1.29, 1.82) is 0 Å². The predicted octanol–water partition coefficient (Wildman–Crippen LogP) is 6.24. The molecule has 1 aromatic rings. The van der Waals surface area contributed by atoms with Crippen LogP contribution in [0.4, 0.5) is 9.18 Å². The summed E-state index contributed by atoms with van der Waals surface area (Å²) >= 11 is 4.65. The molecule has 11 heteroatoms. The van der Waals surface area contributed by atoms with Crippen LogP contribution in [-0.4, -0.2) is 64.6 Å². The number of rotatable bonds is 7. The Kier molecular flexibility index (Phi) is 9.64. The highest BCUT2D eigenvalue weighted by Gasteiger charge is 2.52. The van der Waals surface area contributed by atoms with Crippen molar-refractivity contribution in [3.8, 4) is 0 Å². The molecule has 1 aliphatic heterocycles. The largest absolute Gasteiger partial charge is 0.443 e. The van der Waals surface area contributed by atoms with Crippen LogP contribution in [0.3, 0.4) is 0 Å². The first-order chi connectivity index (χ1) is 15.9. The molecule has 3 atom stereocenters. The average molecular weight is 593 g/mol. The summed E-state index contributed by atoms with van der Waals surface area (Å²) in [5, 5.41) is 10.7. The number of amides is 1. The molecule has 1 amide bonds. The zero-order chi connectivity index (χ0) is 26.8. The molecule has 2 heterocycles. The van der Waals surface area contributed by atoms with Crippen molar-refractivity contribution in [2.75, 3.05) is 19.9 Å². The van der Waals surface area contributed by atoms with Gasteiger partial charge >= 0.3 is 6.09 Å². The quantitative estimate of drug-likeness (QED) is 0.175. The van der Waals surface area contributed by atoms with Gasteiger partial charge in [-0.25, -0.2) is 14.7 Å². The van der Waals surface area contributed by atoms with Gasteiger partial charge in [-0.2, -0.15) is 4.39 Å². The smallest absolute Gasteiger partial charge is 0.418 e. The average Bonchev–Trinajstić information content (AvgIpc) is 2.71. The minimum atomic E-state index is -1.33. The molecule has 0 radical (unpaired) electrons. The molecule has 0 aliphatic carbocycles. The molecule has 1 aliphatic rings. The lowest BCUT2D eigenvalue weighted by Crippen LogP contribution is -2.53. The second-order valence-electron chi connectivity index (χ2n) is 11.6. The van der Waals surface area contributed by atoms with Crippen LogP contribution in [0.15, 0.2) is 21.7 Å². The van der Waals surface area contributed by atoms with Gasteiger partial charge in [0.15, 0.2) is 5.17 Å². The summed E-state index contributed by atoms with van der Waals surface area (Å²) in [7, 11) is -1.33. The Labute approximate surface area is 222 Å². The van der Waals surface area contributed by atoms with Crippen LogP contribution in [-0.2, 0) is 15.0 Å². The molecule has 0 bridgehead atoms. The number of thioether (sulfide) groups is 1. The number of aliphatic hydroxyl groups excluding tert-OH is 1. The molecule has 0 spiro atoms. The van der Waals surface area contributed by atoms with E-state index < -0.39 is 36.0 Å². The van der Waals surface area contributed by atoms with E-state index >= 15 is 4.39 Å². The standard InChI is InChI=1S/C24H39BrFN3O4SSi/c1-16-23(5,14-30)34-20(28-24(16,6)18-12-17(25)13-27-19(18)26)29(21(31)33-22(2,3)4)15-32-10-11-35(7,8)9/h12-13,16,30H,10-11,14-15H2,1-9H3/t16-,23-,24+/m1/s1. The Morgan fingerprint density at radius 2 is 1.97 bits per heavy atom. The van der Waals surface area contributed by atoms with Crippen molar-refractivity contribution < 1.29 is 23.8 Å². The number of halogens is 2. The van der Waals surface area contributed by atoms with E-state index in [1.54, 1.807) is 33.8 Å². The summed E-state index contributed by atoms with van der Waals surface area (Å²) in [5.74, 6) is -0.944. The fraction of sp³-hybridized carbons (Fsp3) is 0.708. The number of pyridine rings is 1. The van der Waals surface area contributed by atoms with Crippen LogP contribution in [0.2, 0.25) is 25.7 Å². The van der Waals surface area contributed by atoms with Crippen LogP contribution in [0.1, 0.15) is 47.1 Å². The molecule has 0 fully saturated rings. The summed E-state index contributed by atoms with van der Waals surface area (Å²) in [6.45, 7) is 18.0. The van der Waals surface area contributed by atoms with Gasteiger partial charge in [0.1, 0.15) is 12.3 Å². The minimum absolute atomic E-state index is 0.0591. The third-order valence-electron chi connectivity index (χ3n) is 6.14. The second-order valence-corrected chi connectivity index (χ2v) is 19.6. The van der Waals surface area contributed by atoms with Crippen LogP contribution < -0.4 is 0 Å². The Morgan fingerprint density at radius 1 is 1.34 bits per heavy atom. The SMILES string of the molecule is C[C@@H]1[C@@](C)(CO)SC(N(COCC[Si](C)(C)C)C(=O)OC(C)(C)C)=N[C@]1(C)c1cc(Br)cnc1F. The topological polar surface area (TPSA) is 84.2 Å². The van der Waals surface area contributed by atoms with Gasteiger partial charge in [0.2, 0.25) is 5.95 Å². The summed E-state index contributed by atoms with van der Waals surface area (Å²) in [4.78, 5) is 23.4. The molecule has 1 aromatic heterocycles. The summed E-state index contributed by atoms with van der Waals surface area (Å²) in [5.41, 5.74) is -1.57. The van der Waals surface area contributed by atoms with Crippen LogP contribution in [0.25, 0.3) is 0 Å². The molecule has 7 nitrogen and oxygen atoms in total. The third-order valence-corrected chi connectivity index (χ3v) is 9.72. The summed E-state index contributed by atoms with van der Waals surface area (Å²) < 4.78 is 26.4. The first-order valence-corrected chi connectivity index (χ1v) is 17.0. The highest BCUT2D eigenvalue weighted by Crippen LogP contribution is 2.51. The van der Waals surface area contributed by atoms with E-state index in [0.717, 1.165) is 6.04 Å². The van der Waals surface area contributed by atoms with Crippen molar-refractivity contribution in [3.05, 3.63) is 28.2 Å². The second kappa shape index (κ2) is 11.2. The van der Waals surface area contributed by atoms with E-state index in [0.29, 0.717) is 16.2 Å². The maximum atomic E-state index is 15.0. The van der Waals surface area contributed by atoms with Crippen molar-refractivity contribution in [2.24, 2.45) is 10.9 Å². The van der Waals surface area contributed by atoms with E-state index in [-0.39, 0.29) is 24.8 Å². The molecule has 198 valence electrons. The number of nitrogens with zero attached hydrogens (tertiary/aromatic N) is 3. The third kappa shape index (κ3) is 7.74. The normalized spacial score (nSPS) is 25.3. The lowest BCUT2D eigenvalue weighted by molar-refractivity contribution is 0.0107. The Hall–Kier alpha value is -1.01. The molecule has 35 heavy (non-hydrogen) atoms. The number of aliphatic hydroxyl groups is 1. The Morgan fingerprint density at radius 3 is 2.51 bits per heavy atom. The molecule has 0 aromatic carbocycles. The summed E-state index contributed by atoms with van der Waals surface area (Å²) in [6, 6.07) is 2.59. The predicted molar refractivity (Wildman–Crippen MR) is 146 cm³/mol. The molecule has 0 saturated heterocycles. The van der Waals surface area contributed by atoms with Crippen molar-refractivity contribution in [1.82, 2.24) is 9.88 Å². The Bertz CT molecular complexity index is 956. The van der Waals surface area contributed by atoms with E-state index in [1.807, 2.05) is 13.8 Å². The fourth-order valence-electron chi connectivity index (χ4n) is 3.60. The number of hydrogen-bond acceptors (Lipinski definition) is 7. The van der Waals surface area contributed by atoms with Gasteiger partial charge in [-0.05, 0) is 62.7 Å². The number of aromatic nitrogens is 1.